The van der Waals surface area contributed by atoms with Crippen molar-refractivity contribution in [3.05, 3.63) is 83.3 Å². The summed E-state index contributed by atoms with van der Waals surface area (Å²) in [6.07, 6.45) is -1.80. The van der Waals surface area contributed by atoms with Crippen LogP contribution in [0.4, 0.5) is 23.4 Å². The highest BCUT2D eigenvalue weighted by Crippen LogP contribution is 2.44. The highest BCUT2D eigenvalue weighted by Gasteiger charge is 2.46. The minimum absolute atomic E-state index is 0.0209. The van der Waals surface area contributed by atoms with Crippen LogP contribution < -0.4 is 5.73 Å². The maximum atomic E-state index is 14.7. The molecular formula is C25H18F4N6. The Balaban J connectivity index is 1.87. The maximum absolute atomic E-state index is 14.7. The molecule has 0 spiro atoms. The summed E-state index contributed by atoms with van der Waals surface area (Å²) in [5.74, 6) is -3.45. The number of alkyl halides is 3. The molecule has 0 aliphatic heterocycles. The van der Waals surface area contributed by atoms with Gasteiger partial charge in [-0.1, -0.05) is 0 Å². The number of hydrogen-bond acceptors (Lipinski definition) is 6. The Hall–Kier alpha value is -4.21. The van der Waals surface area contributed by atoms with Crippen LogP contribution in [0.1, 0.15) is 28.6 Å². The first kappa shape index (κ1) is 22.6. The third-order valence-electron chi connectivity index (χ3n) is 5.86. The quantitative estimate of drug-likeness (QED) is 0.336. The van der Waals surface area contributed by atoms with Gasteiger partial charge >= 0.3 is 6.18 Å². The van der Waals surface area contributed by atoms with Gasteiger partial charge in [0.15, 0.2) is 5.82 Å². The van der Waals surface area contributed by atoms with Gasteiger partial charge in [-0.25, -0.2) is 19.3 Å². The van der Waals surface area contributed by atoms with E-state index in [0.717, 1.165) is 0 Å². The third kappa shape index (κ3) is 3.90. The second-order valence-electron chi connectivity index (χ2n) is 8.12. The van der Waals surface area contributed by atoms with Gasteiger partial charge in [0.05, 0.1) is 16.7 Å². The first-order valence-electron chi connectivity index (χ1n) is 10.6. The van der Waals surface area contributed by atoms with E-state index >= 15 is 0 Å². The van der Waals surface area contributed by atoms with Crippen LogP contribution in [-0.2, 0) is 0 Å². The van der Waals surface area contributed by atoms with Crippen LogP contribution >= 0.6 is 0 Å². The highest BCUT2D eigenvalue weighted by molar-refractivity contribution is 5.87. The fraction of sp³-hybridized carbons (Fsp3) is 0.160. The largest absolute Gasteiger partial charge is 0.402 e. The third-order valence-corrected chi connectivity index (χ3v) is 5.86. The maximum Gasteiger partial charge on any atom is 0.402 e. The zero-order chi connectivity index (χ0) is 24.9. The number of rotatable bonds is 3. The van der Waals surface area contributed by atoms with Crippen molar-refractivity contribution in [1.82, 2.24) is 24.9 Å². The molecule has 0 aliphatic carbocycles. The lowest BCUT2D eigenvalue weighted by Crippen LogP contribution is -2.25. The molecule has 1 atom stereocenters. The van der Waals surface area contributed by atoms with Crippen molar-refractivity contribution >= 4 is 27.8 Å². The molecule has 0 amide bonds. The van der Waals surface area contributed by atoms with Gasteiger partial charge in [0, 0.05) is 34.6 Å². The number of nitrogen functional groups attached to an aromatic ring is 1. The van der Waals surface area contributed by atoms with Crippen LogP contribution in [0.3, 0.4) is 0 Å². The van der Waals surface area contributed by atoms with E-state index < -0.39 is 23.7 Å². The first-order chi connectivity index (χ1) is 16.6. The molecule has 0 saturated heterocycles. The topological polar surface area (TPSA) is 90.5 Å². The summed E-state index contributed by atoms with van der Waals surface area (Å²) >= 11 is 0. The zero-order valence-corrected chi connectivity index (χ0v) is 18.6. The molecule has 5 aromatic rings. The van der Waals surface area contributed by atoms with E-state index in [9.17, 15) is 17.6 Å². The molecule has 0 radical (unpaired) electrons. The molecule has 4 heterocycles. The van der Waals surface area contributed by atoms with Crippen molar-refractivity contribution in [2.75, 3.05) is 5.73 Å². The molecule has 6 nitrogen and oxygen atoms in total. The van der Waals surface area contributed by atoms with Gasteiger partial charge in [-0.2, -0.15) is 13.2 Å². The fourth-order valence-corrected chi connectivity index (χ4v) is 4.14. The van der Waals surface area contributed by atoms with Crippen LogP contribution in [0.5, 0.6) is 0 Å². The molecule has 5 rings (SSSR count). The Morgan fingerprint density at radius 3 is 2.37 bits per heavy atom. The van der Waals surface area contributed by atoms with Crippen molar-refractivity contribution in [3.63, 3.8) is 0 Å². The van der Waals surface area contributed by atoms with E-state index in [1.54, 1.807) is 25.1 Å². The number of nitrogens with zero attached hydrogens (tertiary/aromatic N) is 5. The van der Waals surface area contributed by atoms with E-state index in [1.165, 1.54) is 43.6 Å². The Bertz CT molecular complexity index is 1600. The molecule has 1 aromatic carbocycles. The molecule has 35 heavy (non-hydrogen) atoms. The van der Waals surface area contributed by atoms with Crippen LogP contribution in [0, 0.1) is 19.7 Å². The number of pyridine rings is 3. The summed E-state index contributed by atoms with van der Waals surface area (Å²) < 4.78 is 58.5. The lowest BCUT2D eigenvalue weighted by Gasteiger charge is -2.23. The van der Waals surface area contributed by atoms with Crippen molar-refractivity contribution in [1.29, 1.82) is 0 Å². The summed E-state index contributed by atoms with van der Waals surface area (Å²) in [4.78, 5) is 21.0. The Morgan fingerprint density at radius 2 is 1.63 bits per heavy atom. The minimum Gasteiger partial charge on any atom is -0.382 e. The van der Waals surface area contributed by atoms with E-state index in [-0.39, 0.29) is 39.2 Å². The van der Waals surface area contributed by atoms with Crippen LogP contribution in [0.25, 0.3) is 33.2 Å². The molecule has 0 bridgehead atoms. The monoisotopic (exact) mass is 478 g/mol. The van der Waals surface area contributed by atoms with Crippen molar-refractivity contribution in [2.24, 2.45) is 0 Å². The molecule has 0 fully saturated rings. The summed E-state index contributed by atoms with van der Waals surface area (Å²) in [6.45, 7) is 3.20. The number of aromatic nitrogens is 5. The number of anilines is 1. The zero-order valence-electron chi connectivity index (χ0n) is 18.6. The summed E-state index contributed by atoms with van der Waals surface area (Å²) in [5, 5.41) is 0.355. The van der Waals surface area contributed by atoms with E-state index in [0.29, 0.717) is 16.6 Å². The summed E-state index contributed by atoms with van der Waals surface area (Å²) in [6, 6.07) is 10.3. The average Bonchev–Trinajstić information content (AvgIpc) is 2.81. The highest BCUT2D eigenvalue weighted by atomic mass is 19.4. The molecule has 176 valence electrons. The normalized spacial score (nSPS) is 12.9. The molecule has 0 unspecified atom stereocenters. The van der Waals surface area contributed by atoms with Gasteiger partial charge in [-0.3, -0.25) is 9.97 Å². The van der Waals surface area contributed by atoms with Gasteiger partial charge in [-0.15, -0.1) is 0 Å². The molecule has 0 saturated carbocycles. The molecule has 10 heteroatoms. The number of hydrogen-bond donors (Lipinski definition) is 1. The van der Waals surface area contributed by atoms with Gasteiger partial charge in [-0.05, 0) is 61.9 Å². The molecule has 2 N–H and O–H groups in total. The van der Waals surface area contributed by atoms with Gasteiger partial charge < -0.3 is 5.73 Å². The predicted molar refractivity (Wildman–Crippen MR) is 124 cm³/mol. The molecule has 4 aromatic heterocycles. The summed E-state index contributed by atoms with van der Waals surface area (Å²) in [5.41, 5.74) is 7.56. The molecule has 0 aliphatic rings. The second kappa shape index (κ2) is 8.23. The average molecular weight is 478 g/mol. The lowest BCUT2D eigenvalue weighted by molar-refractivity contribution is -0.142. The van der Waals surface area contributed by atoms with Crippen molar-refractivity contribution < 1.29 is 17.6 Å². The second-order valence-corrected chi connectivity index (χ2v) is 8.12. The van der Waals surface area contributed by atoms with Crippen LogP contribution in [0.15, 0.2) is 54.9 Å². The standard InChI is InChI=1S/C25H18F4N6/c1-12-17(26)8-7-14-11-16(21(34-20(12)14)15-5-3-9-31-13(15)2)19(25(27,28)29)24-33-18-6-4-10-32-22(18)23(30)35-24/h3-11,19H,1-2H3,(H2,30,33,35)/t19-/m1/s1. The fourth-order valence-electron chi connectivity index (χ4n) is 4.14. The Kier molecular flexibility index (Phi) is 5.31. The lowest BCUT2D eigenvalue weighted by atomic mass is 9.90. The number of nitrogens with two attached hydrogens (primary N) is 1. The Morgan fingerprint density at radius 1 is 0.886 bits per heavy atom. The van der Waals surface area contributed by atoms with Crippen molar-refractivity contribution in [3.8, 4) is 11.3 Å². The number of halogens is 4. The smallest absolute Gasteiger partial charge is 0.382 e. The number of fused-ring (bicyclic) bond motifs is 2. The van der Waals surface area contributed by atoms with Gasteiger partial charge in [0.2, 0.25) is 0 Å². The van der Waals surface area contributed by atoms with E-state index in [2.05, 4.69) is 24.9 Å². The van der Waals surface area contributed by atoms with Crippen LogP contribution in [-0.4, -0.2) is 31.1 Å². The van der Waals surface area contributed by atoms with Gasteiger partial charge in [0.25, 0.3) is 0 Å². The predicted octanol–water partition coefficient (Wildman–Crippen LogP) is 5.67. The van der Waals surface area contributed by atoms with Crippen molar-refractivity contribution in [2.45, 2.75) is 25.9 Å². The van der Waals surface area contributed by atoms with Crippen LogP contribution in [0.2, 0.25) is 0 Å². The number of aryl methyl sites for hydroxylation is 2. The summed E-state index contributed by atoms with van der Waals surface area (Å²) in [7, 11) is 0. The Labute approximate surface area is 196 Å². The minimum atomic E-state index is -4.79. The van der Waals surface area contributed by atoms with E-state index in [4.69, 9.17) is 5.73 Å². The molecular weight excluding hydrogens is 460 g/mol. The van der Waals surface area contributed by atoms with Gasteiger partial charge in [0.1, 0.15) is 23.1 Å². The SMILES string of the molecule is Cc1ncccc1-c1nc2c(C)c(F)ccc2cc1[C@H](c1nc(N)c2ncccc2n1)C(F)(F)F. The first-order valence-corrected chi connectivity index (χ1v) is 10.6. The number of benzene rings is 1. The van der Waals surface area contributed by atoms with E-state index in [1.807, 2.05) is 0 Å².